The quantitative estimate of drug-likeness (QED) is 0.519. The highest BCUT2D eigenvalue weighted by Crippen LogP contribution is 2.46. The van der Waals surface area contributed by atoms with E-state index in [-0.39, 0.29) is 17.1 Å². The van der Waals surface area contributed by atoms with Gasteiger partial charge >= 0.3 is 5.97 Å². The molecule has 1 aliphatic rings. The van der Waals surface area contributed by atoms with Gasteiger partial charge in [0.05, 0.1) is 5.41 Å². The molecular formula is C9H14O3. The molecule has 0 heterocycles. The van der Waals surface area contributed by atoms with Crippen molar-refractivity contribution < 1.29 is 14.6 Å². The van der Waals surface area contributed by atoms with E-state index in [0.717, 1.165) is 12.8 Å². The van der Waals surface area contributed by atoms with Gasteiger partial charge in [-0.2, -0.15) is 0 Å². The molecule has 3 heteroatoms. The van der Waals surface area contributed by atoms with E-state index in [1.165, 1.54) is 0 Å². The van der Waals surface area contributed by atoms with E-state index in [9.17, 15) is 4.79 Å². The van der Waals surface area contributed by atoms with Gasteiger partial charge in [-0.3, -0.25) is 4.79 Å². The molecule has 0 spiro atoms. The average Bonchev–Trinajstić information content (AvgIpc) is 2.69. The first-order valence-corrected chi connectivity index (χ1v) is 4.04. The van der Waals surface area contributed by atoms with Crippen molar-refractivity contribution in [1.29, 1.82) is 0 Å². The highest BCUT2D eigenvalue weighted by atomic mass is 16.6. The van der Waals surface area contributed by atoms with Crippen LogP contribution in [-0.4, -0.2) is 17.2 Å². The van der Waals surface area contributed by atoms with E-state index < -0.39 is 6.10 Å². The smallest absolute Gasteiger partial charge is 0.312 e. The third-order valence-electron chi connectivity index (χ3n) is 2.25. The van der Waals surface area contributed by atoms with E-state index >= 15 is 0 Å². The lowest BCUT2D eigenvalue weighted by Gasteiger charge is -2.14. The van der Waals surface area contributed by atoms with Crippen LogP contribution in [0.2, 0.25) is 0 Å². The van der Waals surface area contributed by atoms with Gasteiger partial charge in [0.15, 0.2) is 6.10 Å². The highest BCUT2D eigenvalue weighted by Gasteiger charge is 2.47. The number of rotatable bonds is 3. The summed E-state index contributed by atoms with van der Waals surface area (Å²) in [7, 11) is 0. The number of carbonyl (C=O) groups excluding carboxylic acids is 1. The lowest BCUT2D eigenvalue weighted by molar-refractivity contribution is -0.153. The van der Waals surface area contributed by atoms with E-state index in [4.69, 9.17) is 9.84 Å². The maximum atomic E-state index is 11.3. The van der Waals surface area contributed by atoms with Gasteiger partial charge in [0.1, 0.15) is 5.76 Å². The zero-order valence-corrected chi connectivity index (χ0v) is 7.46. The van der Waals surface area contributed by atoms with Gasteiger partial charge in [-0.1, -0.05) is 6.58 Å². The molecule has 0 bridgehead atoms. The Bertz CT molecular complexity index is 216. The van der Waals surface area contributed by atoms with Crippen molar-refractivity contribution in [3.05, 3.63) is 12.3 Å². The molecule has 1 saturated carbocycles. The topological polar surface area (TPSA) is 46.5 Å². The predicted octanol–water partition coefficient (Wildman–Crippen LogP) is 1.79. The van der Waals surface area contributed by atoms with Crippen molar-refractivity contribution in [3.8, 4) is 0 Å². The van der Waals surface area contributed by atoms with Crippen LogP contribution in [0.25, 0.3) is 0 Å². The minimum Gasteiger partial charge on any atom is -0.509 e. The van der Waals surface area contributed by atoms with Gasteiger partial charge in [0, 0.05) is 0 Å². The zero-order valence-electron chi connectivity index (χ0n) is 7.46. The van der Waals surface area contributed by atoms with Gasteiger partial charge in [-0.15, -0.1) is 0 Å². The molecule has 1 unspecified atom stereocenters. The monoisotopic (exact) mass is 170 g/mol. The fourth-order valence-electron chi connectivity index (χ4n) is 0.762. The number of hydrogen-bond acceptors (Lipinski definition) is 3. The summed E-state index contributed by atoms with van der Waals surface area (Å²) >= 11 is 0. The van der Waals surface area contributed by atoms with Crippen molar-refractivity contribution in [2.75, 3.05) is 0 Å². The second kappa shape index (κ2) is 2.81. The molecule has 68 valence electrons. The fraction of sp³-hybridized carbons (Fsp3) is 0.667. The van der Waals surface area contributed by atoms with Gasteiger partial charge in [-0.25, -0.2) is 0 Å². The summed E-state index contributed by atoms with van der Waals surface area (Å²) in [6.07, 6.45) is 1.18. The summed E-state index contributed by atoms with van der Waals surface area (Å²) in [5.74, 6) is -0.335. The Hall–Kier alpha value is -0.990. The minimum atomic E-state index is -0.588. The van der Waals surface area contributed by atoms with Crippen molar-refractivity contribution >= 4 is 5.97 Å². The summed E-state index contributed by atoms with van der Waals surface area (Å²) < 4.78 is 4.95. The molecule has 0 aromatic heterocycles. The Morgan fingerprint density at radius 1 is 1.67 bits per heavy atom. The number of ether oxygens (including phenoxy) is 1. The van der Waals surface area contributed by atoms with E-state index in [0.29, 0.717) is 0 Å². The van der Waals surface area contributed by atoms with Gasteiger partial charge < -0.3 is 9.84 Å². The number of aliphatic hydroxyl groups excluding tert-OH is 1. The summed E-state index contributed by atoms with van der Waals surface area (Å²) in [5.41, 5.74) is -0.288. The van der Waals surface area contributed by atoms with E-state index in [1.807, 2.05) is 6.92 Å². The van der Waals surface area contributed by atoms with Crippen molar-refractivity contribution in [1.82, 2.24) is 0 Å². The molecule has 0 aromatic rings. The third kappa shape index (κ3) is 1.78. The molecule has 0 amide bonds. The van der Waals surface area contributed by atoms with Gasteiger partial charge in [-0.05, 0) is 26.7 Å². The van der Waals surface area contributed by atoms with Crippen LogP contribution in [0.5, 0.6) is 0 Å². The fourth-order valence-corrected chi connectivity index (χ4v) is 0.762. The van der Waals surface area contributed by atoms with Gasteiger partial charge in [0.2, 0.25) is 0 Å². The first-order valence-electron chi connectivity index (χ1n) is 4.04. The number of esters is 1. The van der Waals surface area contributed by atoms with Crippen LogP contribution in [0, 0.1) is 5.41 Å². The number of carbonyl (C=O) groups is 1. The van der Waals surface area contributed by atoms with E-state index in [1.54, 1.807) is 6.92 Å². The maximum absolute atomic E-state index is 11.3. The van der Waals surface area contributed by atoms with Crippen LogP contribution >= 0.6 is 0 Å². The van der Waals surface area contributed by atoms with Crippen molar-refractivity contribution in [3.63, 3.8) is 0 Å². The third-order valence-corrected chi connectivity index (χ3v) is 2.25. The summed E-state index contributed by atoms with van der Waals surface area (Å²) in [6, 6.07) is 0. The molecule has 0 radical (unpaired) electrons. The van der Waals surface area contributed by atoms with Crippen LogP contribution in [-0.2, 0) is 9.53 Å². The van der Waals surface area contributed by atoms with Crippen molar-refractivity contribution in [2.45, 2.75) is 32.8 Å². The Morgan fingerprint density at radius 2 is 2.17 bits per heavy atom. The second-order valence-corrected chi connectivity index (χ2v) is 3.60. The SMILES string of the molecule is C=C(O)C(C)OC(=O)C1(C)CC1. The molecule has 1 rings (SSSR count). The zero-order chi connectivity index (χ0) is 9.35. The highest BCUT2D eigenvalue weighted by molar-refractivity contribution is 5.79. The Kier molecular flexibility index (Phi) is 2.13. The molecule has 1 atom stereocenters. The predicted molar refractivity (Wildman–Crippen MR) is 44.7 cm³/mol. The Balaban J connectivity index is 2.41. The average molecular weight is 170 g/mol. The molecule has 1 fully saturated rings. The van der Waals surface area contributed by atoms with Crippen LogP contribution in [0.4, 0.5) is 0 Å². The Labute approximate surface area is 72.0 Å². The molecule has 1 aliphatic carbocycles. The van der Waals surface area contributed by atoms with E-state index in [2.05, 4.69) is 6.58 Å². The maximum Gasteiger partial charge on any atom is 0.312 e. The molecule has 0 aliphatic heterocycles. The minimum absolute atomic E-state index is 0.104. The molecule has 3 nitrogen and oxygen atoms in total. The first kappa shape index (κ1) is 9.10. The summed E-state index contributed by atoms with van der Waals surface area (Å²) in [6.45, 7) is 6.76. The van der Waals surface area contributed by atoms with Crippen molar-refractivity contribution in [2.24, 2.45) is 5.41 Å². The largest absolute Gasteiger partial charge is 0.509 e. The van der Waals surface area contributed by atoms with Gasteiger partial charge in [0.25, 0.3) is 0 Å². The van der Waals surface area contributed by atoms with Crippen LogP contribution in [0.1, 0.15) is 26.7 Å². The van der Waals surface area contributed by atoms with Crippen LogP contribution in [0.15, 0.2) is 12.3 Å². The van der Waals surface area contributed by atoms with Crippen LogP contribution < -0.4 is 0 Å². The second-order valence-electron chi connectivity index (χ2n) is 3.60. The molecule has 0 aromatic carbocycles. The lowest BCUT2D eigenvalue weighted by Crippen LogP contribution is -2.22. The van der Waals surface area contributed by atoms with Crippen LogP contribution in [0.3, 0.4) is 0 Å². The molecular weight excluding hydrogens is 156 g/mol. The summed E-state index contributed by atoms with van der Waals surface area (Å²) in [4.78, 5) is 11.3. The number of hydrogen-bond donors (Lipinski definition) is 1. The lowest BCUT2D eigenvalue weighted by atomic mass is 10.1. The first-order chi connectivity index (χ1) is 5.46. The normalized spacial score (nSPS) is 21.2. The molecule has 12 heavy (non-hydrogen) atoms. The standard InChI is InChI=1S/C9H14O3/c1-6(10)7(2)12-8(11)9(3)4-5-9/h7,10H,1,4-5H2,2-3H3. The number of aliphatic hydroxyl groups is 1. The molecule has 1 N–H and O–H groups in total. The Morgan fingerprint density at radius 3 is 2.50 bits per heavy atom. The summed E-state index contributed by atoms with van der Waals surface area (Å²) in [5, 5.41) is 8.88. The molecule has 0 saturated heterocycles.